The topological polar surface area (TPSA) is 77.8 Å². The number of hydrogen-bond acceptors (Lipinski definition) is 5. The van der Waals surface area contributed by atoms with E-state index in [1.54, 1.807) is 0 Å². The lowest BCUT2D eigenvalue weighted by molar-refractivity contribution is 0.445. The standard InChI is InChI=1S/C57H49N5/c1-2-38-13-21-44(22-14-38)61(45-23-15-39(35-58)16-24-45)54-33-52(42-9-5-3-6-10-42)48-30-32-51-55(34-53(43-11-7-4-8-12-43)49-29-31-50(54)56(48)57(49)51)62(46-25-17-40(36-59)18-26-46)47-27-19-41(37-60)20-28-47/h13-34,42-43H,2-12H2,1H3. The van der Waals surface area contributed by atoms with E-state index in [0.717, 1.165) is 53.4 Å². The highest BCUT2D eigenvalue weighted by Crippen LogP contribution is 2.53. The Balaban J connectivity index is 1.32. The Hall–Kier alpha value is -7.13. The molecular formula is C57H49N5. The van der Waals surface area contributed by atoms with Gasteiger partial charge in [0.25, 0.3) is 0 Å². The number of anilines is 6. The van der Waals surface area contributed by atoms with Crippen LogP contribution in [-0.2, 0) is 6.42 Å². The molecule has 0 heterocycles. The molecule has 0 radical (unpaired) electrons. The van der Waals surface area contributed by atoms with E-state index in [0.29, 0.717) is 28.5 Å². The fourth-order valence-corrected chi connectivity index (χ4v) is 10.7. The third-order valence-corrected chi connectivity index (χ3v) is 13.9. The van der Waals surface area contributed by atoms with Gasteiger partial charge in [-0.25, -0.2) is 0 Å². The lowest BCUT2D eigenvalue weighted by Gasteiger charge is -2.33. The van der Waals surface area contributed by atoms with Crippen molar-refractivity contribution in [2.24, 2.45) is 0 Å². The maximum absolute atomic E-state index is 9.82. The Morgan fingerprint density at radius 3 is 1.06 bits per heavy atom. The van der Waals surface area contributed by atoms with Crippen LogP contribution in [0.3, 0.4) is 0 Å². The number of benzene rings is 8. The number of nitrogens with zero attached hydrogens (tertiary/aromatic N) is 5. The third-order valence-electron chi connectivity index (χ3n) is 13.9. The van der Waals surface area contributed by atoms with E-state index in [4.69, 9.17) is 0 Å². The highest BCUT2D eigenvalue weighted by molar-refractivity contribution is 6.29. The summed E-state index contributed by atoms with van der Waals surface area (Å²) in [7, 11) is 0. The van der Waals surface area contributed by atoms with Crippen molar-refractivity contribution in [2.45, 2.75) is 89.4 Å². The van der Waals surface area contributed by atoms with Crippen molar-refractivity contribution in [2.75, 3.05) is 9.80 Å². The molecule has 2 aliphatic rings. The van der Waals surface area contributed by atoms with Crippen LogP contribution in [0.5, 0.6) is 0 Å². The number of aryl methyl sites for hydroxylation is 1. The fraction of sp³-hybridized carbons (Fsp3) is 0.246. The highest BCUT2D eigenvalue weighted by atomic mass is 15.1. The van der Waals surface area contributed by atoms with Crippen LogP contribution in [0.15, 0.2) is 133 Å². The first-order valence-electron chi connectivity index (χ1n) is 22.5. The van der Waals surface area contributed by atoms with Crippen LogP contribution in [0.2, 0.25) is 0 Å². The summed E-state index contributed by atoms with van der Waals surface area (Å²) in [6, 6.07) is 54.4. The van der Waals surface area contributed by atoms with Gasteiger partial charge in [-0.15, -0.1) is 0 Å². The summed E-state index contributed by atoms with van der Waals surface area (Å²) in [6.07, 6.45) is 13.1. The third kappa shape index (κ3) is 6.97. The minimum absolute atomic E-state index is 0.431. The molecule has 2 aliphatic carbocycles. The zero-order valence-corrected chi connectivity index (χ0v) is 35.4. The van der Waals surface area contributed by atoms with Gasteiger partial charge in [0, 0.05) is 33.5 Å². The summed E-state index contributed by atoms with van der Waals surface area (Å²) < 4.78 is 0. The van der Waals surface area contributed by atoms with Crippen molar-refractivity contribution in [3.63, 3.8) is 0 Å². The first-order valence-corrected chi connectivity index (χ1v) is 22.5. The van der Waals surface area contributed by atoms with E-state index in [2.05, 4.69) is 108 Å². The summed E-state index contributed by atoms with van der Waals surface area (Å²) in [5, 5.41) is 37.1. The molecule has 0 saturated heterocycles. The van der Waals surface area contributed by atoms with Crippen molar-refractivity contribution in [3.8, 4) is 18.2 Å². The average Bonchev–Trinajstić information content (AvgIpc) is 3.35. The first kappa shape index (κ1) is 39.0. The molecular weight excluding hydrogens is 755 g/mol. The average molecular weight is 804 g/mol. The van der Waals surface area contributed by atoms with Crippen LogP contribution in [0.25, 0.3) is 32.3 Å². The minimum atomic E-state index is 0.431. The molecule has 5 nitrogen and oxygen atoms in total. The highest BCUT2D eigenvalue weighted by Gasteiger charge is 2.29. The Morgan fingerprint density at radius 2 is 0.742 bits per heavy atom. The normalized spacial score (nSPS) is 14.7. The van der Waals surface area contributed by atoms with Crippen molar-refractivity contribution < 1.29 is 0 Å². The van der Waals surface area contributed by atoms with Gasteiger partial charge in [0.1, 0.15) is 0 Å². The van der Waals surface area contributed by atoms with Crippen molar-refractivity contribution in [1.82, 2.24) is 0 Å². The molecule has 2 saturated carbocycles. The molecule has 5 heteroatoms. The van der Waals surface area contributed by atoms with E-state index in [-0.39, 0.29) is 0 Å². The Kier molecular flexibility index (Phi) is 10.5. The second-order valence-corrected chi connectivity index (χ2v) is 17.4. The van der Waals surface area contributed by atoms with Gasteiger partial charge in [0.2, 0.25) is 0 Å². The molecule has 2 fully saturated rings. The molecule has 0 amide bonds. The molecule has 302 valence electrons. The zero-order valence-electron chi connectivity index (χ0n) is 35.4. The lowest BCUT2D eigenvalue weighted by atomic mass is 9.77. The first-order chi connectivity index (χ1) is 30.6. The molecule has 0 N–H and O–H groups in total. The van der Waals surface area contributed by atoms with Crippen LogP contribution in [-0.4, -0.2) is 0 Å². The predicted molar refractivity (Wildman–Crippen MR) is 255 cm³/mol. The second-order valence-electron chi connectivity index (χ2n) is 17.4. The van der Waals surface area contributed by atoms with Gasteiger partial charge in [0.15, 0.2) is 0 Å². The molecule has 0 spiro atoms. The fourth-order valence-electron chi connectivity index (χ4n) is 10.7. The second kappa shape index (κ2) is 16.7. The number of hydrogen-bond donors (Lipinski definition) is 0. The van der Waals surface area contributed by atoms with E-state index in [9.17, 15) is 15.8 Å². The van der Waals surface area contributed by atoms with Gasteiger partial charge in [-0.3, -0.25) is 0 Å². The minimum Gasteiger partial charge on any atom is -0.310 e. The van der Waals surface area contributed by atoms with Gasteiger partial charge in [-0.1, -0.05) is 81.8 Å². The lowest BCUT2D eigenvalue weighted by Crippen LogP contribution is -2.14. The molecule has 0 atom stereocenters. The summed E-state index contributed by atoms with van der Waals surface area (Å²) in [5.74, 6) is 0.879. The van der Waals surface area contributed by atoms with Crippen LogP contribution in [0.4, 0.5) is 34.1 Å². The Labute approximate surface area is 365 Å². The quantitative estimate of drug-likeness (QED) is 0.136. The molecule has 0 bridgehead atoms. The van der Waals surface area contributed by atoms with E-state index >= 15 is 0 Å². The van der Waals surface area contributed by atoms with Gasteiger partial charge < -0.3 is 9.80 Å². The maximum Gasteiger partial charge on any atom is 0.0991 e. The predicted octanol–water partition coefficient (Wildman–Crippen LogP) is 15.8. The number of nitriles is 3. The monoisotopic (exact) mass is 803 g/mol. The van der Waals surface area contributed by atoms with Crippen LogP contribution < -0.4 is 9.80 Å². The number of rotatable bonds is 9. The Morgan fingerprint density at radius 1 is 0.419 bits per heavy atom. The molecule has 62 heavy (non-hydrogen) atoms. The summed E-state index contributed by atoms with van der Waals surface area (Å²) in [4.78, 5) is 4.75. The summed E-state index contributed by atoms with van der Waals surface area (Å²) >= 11 is 0. The van der Waals surface area contributed by atoms with E-state index < -0.39 is 0 Å². The molecule has 8 aromatic carbocycles. The summed E-state index contributed by atoms with van der Waals surface area (Å²) in [6.45, 7) is 2.20. The molecule has 8 aromatic rings. The molecule has 0 aliphatic heterocycles. The SMILES string of the molecule is CCc1ccc(N(c2ccc(C#N)cc2)c2cc(C3CCCCC3)c3ccc4c(N(c5ccc(C#N)cc5)c5ccc(C#N)cc5)cc(C5CCCCC5)c5ccc2c3c54)cc1. The molecule has 10 rings (SSSR count). The van der Waals surface area contributed by atoms with Gasteiger partial charge >= 0.3 is 0 Å². The van der Waals surface area contributed by atoms with E-state index in [1.165, 1.54) is 100 Å². The van der Waals surface area contributed by atoms with Gasteiger partial charge in [0.05, 0.1) is 46.3 Å². The smallest absolute Gasteiger partial charge is 0.0991 e. The van der Waals surface area contributed by atoms with Crippen LogP contribution >= 0.6 is 0 Å². The molecule has 0 unspecified atom stereocenters. The maximum atomic E-state index is 9.82. The van der Waals surface area contributed by atoms with Gasteiger partial charge in [-0.05, 0) is 179 Å². The summed E-state index contributed by atoms with van der Waals surface area (Å²) in [5.41, 5.74) is 12.3. The van der Waals surface area contributed by atoms with Gasteiger partial charge in [-0.2, -0.15) is 15.8 Å². The van der Waals surface area contributed by atoms with Crippen LogP contribution in [0, 0.1) is 34.0 Å². The van der Waals surface area contributed by atoms with Crippen molar-refractivity contribution in [3.05, 3.63) is 167 Å². The van der Waals surface area contributed by atoms with Crippen molar-refractivity contribution in [1.29, 1.82) is 15.8 Å². The van der Waals surface area contributed by atoms with Crippen LogP contribution in [0.1, 0.15) is 116 Å². The zero-order chi connectivity index (χ0) is 42.2. The Bertz CT molecular complexity index is 2970. The van der Waals surface area contributed by atoms with Crippen molar-refractivity contribution >= 4 is 66.4 Å². The molecule has 0 aromatic heterocycles. The largest absolute Gasteiger partial charge is 0.310 e. The van der Waals surface area contributed by atoms with E-state index in [1.807, 2.05) is 60.7 Å².